The molecule has 0 bridgehead atoms. The second-order valence-electron chi connectivity index (χ2n) is 5.76. The monoisotopic (exact) mass is 262 g/mol. The highest BCUT2D eigenvalue weighted by Crippen LogP contribution is 2.34. The van der Waals surface area contributed by atoms with E-state index in [1.807, 2.05) is 13.0 Å². The van der Waals surface area contributed by atoms with Crippen LogP contribution in [0.5, 0.6) is 0 Å². The molecule has 4 heteroatoms. The van der Waals surface area contributed by atoms with Gasteiger partial charge in [0.25, 0.3) is 0 Å². The fourth-order valence-electron chi connectivity index (χ4n) is 2.23. The molecule has 1 fully saturated rings. The molecule has 1 aliphatic carbocycles. The predicted molar refractivity (Wildman–Crippen MR) is 75.8 cm³/mol. The molecule has 1 saturated carbocycles. The van der Waals surface area contributed by atoms with Crippen LogP contribution in [0, 0.1) is 12.8 Å². The number of nitrogens with zero attached hydrogens (tertiary/aromatic N) is 2. The molecule has 0 aliphatic heterocycles. The average Bonchev–Trinajstić information content (AvgIpc) is 3.13. The molecule has 1 aromatic rings. The lowest BCUT2D eigenvalue weighted by Crippen LogP contribution is -2.29. The van der Waals surface area contributed by atoms with Crippen LogP contribution in [0.25, 0.3) is 0 Å². The molecule has 4 nitrogen and oxygen atoms in total. The lowest BCUT2D eigenvalue weighted by Gasteiger charge is -2.27. The zero-order chi connectivity index (χ0) is 14.0. The Labute approximate surface area is 114 Å². The van der Waals surface area contributed by atoms with Crippen LogP contribution in [0.15, 0.2) is 12.3 Å². The molecule has 1 N–H and O–H groups in total. The molecule has 19 heavy (non-hydrogen) atoms. The maximum absolute atomic E-state index is 11.4. The van der Waals surface area contributed by atoms with Crippen LogP contribution >= 0.6 is 0 Å². The maximum Gasteiger partial charge on any atom is 0.339 e. The maximum atomic E-state index is 11.4. The number of aromatic nitrogens is 1. The van der Waals surface area contributed by atoms with Crippen LogP contribution in [0.4, 0.5) is 5.69 Å². The Balaban J connectivity index is 2.29. The molecule has 0 unspecified atom stereocenters. The van der Waals surface area contributed by atoms with Crippen molar-refractivity contribution in [2.45, 2.75) is 46.1 Å². The Kier molecular flexibility index (Phi) is 4.08. The quantitative estimate of drug-likeness (QED) is 0.856. The van der Waals surface area contributed by atoms with Crippen LogP contribution in [0.2, 0.25) is 0 Å². The number of carboxylic acid groups (broad SMARTS) is 1. The lowest BCUT2D eigenvalue weighted by atomic mass is 10.1. The molecule has 0 spiro atoms. The first kappa shape index (κ1) is 13.8. The molecule has 0 aromatic carbocycles. The number of carboxylic acids is 1. The van der Waals surface area contributed by atoms with Crippen LogP contribution in [-0.2, 0) is 0 Å². The third-order valence-corrected chi connectivity index (χ3v) is 3.49. The van der Waals surface area contributed by atoms with Crippen molar-refractivity contribution < 1.29 is 9.90 Å². The van der Waals surface area contributed by atoms with Gasteiger partial charge >= 0.3 is 5.97 Å². The third kappa shape index (κ3) is 3.46. The molecule has 1 heterocycles. The van der Waals surface area contributed by atoms with E-state index >= 15 is 0 Å². The van der Waals surface area contributed by atoms with Crippen LogP contribution < -0.4 is 4.90 Å². The fourth-order valence-corrected chi connectivity index (χ4v) is 2.23. The number of aryl methyl sites for hydroxylation is 1. The highest BCUT2D eigenvalue weighted by molar-refractivity contribution is 5.94. The molecule has 0 radical (unpaired) electrons. The first-order chi connectivity index (χ1) is 8.99. The van der Waals surface area contributed by atoms with E-state index < -0.39 is 5.97 Å². The summed E-state index contributed by atoms with van der Waals surface area (Å²) in [6.45, 7) is 7.22. The summed E-state index contributed by atoms with van der Waals surface area (Å²) in [5.41, 5.74) is 2.03. The van der Waals surface area contributed by atoms with E-state index in [0.717, 1.165) is 24.3 Å². The minimum Gasteiger partial charge on any atom is -0.478 e. The number of hydrogen-bond acceptors (Lipinski definition) is 3. The summed E-state index contributed by atoms with van der Waals surface area (Å²) in [6, 6.07) is 2.42. The van der Waals surface area contributed by atoms with Gasteiger partial charge in [-0.1, -0.05) is 13.8 Å². The van der Waals surface area contributed by atoms with E-state index in [2.05, 4.69) is 23.7 Å². The number of aromatic carboxylic acids is 1. The van der Waals surface area contributed by atoms with Crippen molar-refractivity contribution in [3.8, 4) is 0 Å². The predicted octanol–water partition coefficient (Wildman–Crippen LogP) is 3.10. The summed E-state index contributed by atoms with van der Waals surface area (Å²) < 4.78 is 0. The van der Waals surface area contributed by atoms with Gasteiger partial charge < -0.3 is 10.0 Å². The van der Waals surface area contributed by atoms with Crippen molar-refractivity contribution in [1.82, 2.24) is 4.98 Å². The second-order valence-corrected chi connectivity index (χ2v) is 5.76. The van der Waals surface area contributed by atoms with Gasteiger partial charge in [-0.15, -0.1) is 0 Å². The third-order valence-electron chi connectivity index (χ3n) is 3.49. The number of carbonyl (C=O) groups is 1. The van der Waals surface area contributed by atoms with Crippen molar-refractivity contribution in [2.75, 3.05) is 11.4 Å². The first-order valence-electron chi connectivity index (χ1n) is 6.95. The Morgan fingerprint density at radius 2 is 2.21 bits per heavy atom. The summed E-state index contributed by atoms with van der Waals surface area (Å²) in [5, 5.41) is 9.32. The van der Waals surface area contributed by atoms with Gasteiger partial charge in [0.2, 0.25) is 0 Å². The molecule has 104 valence electrons. The van der Waals surface area contributed by atoms with Crippen molar-refractivity contribution in [1.29, 1.82) is 0 Å². The molecular formula is C15H22N2O2. The molecule has 0 saturated heterocycles. The second kappa shape index (κ2) is 5.59. The van der Waals surface area contributed by atoms with Gasteiger partial charge in [-0.25, -0.2) is 4.79 Å². The van der Waals surface area contributed by atoms with E-state index in [0.29, 0.717) is 17.5 Å². The summed E-state index contributed by atoms with van der Waals surface area (Å²) in [4.78, 5) is 17.7. The van der Waals surface area contributed by atoms with Gasteiger partial charge in [-0.05, 0) is 38.2 Å². The molecule has 1 aromatic heterocycles. The standard InChI is InChI=1S/C15H22N2O2/c1-10(2)6-7-17(12-4-5-12)14-8-11(3)16-9-13(14)15(18)19/h8-10,12H,4-7H2,1-3H3,(H,18,19). The summed E-state index contributed by atoms with van der Waals surface area (Å²) in [7, 11) is 0. The van der Waals surface area contributed by atoms with Crippen molar-refractivity contribution in [3.63, 3.8) is 0 Å². The first-order valence-corrected chi connectivity index (χ1v) is 6.95. The Hall–Kier alpha value is -1.58. The smallest absolute Gasteiger partial charge is 0.339 e. The highest BCUT2D eigenvalue weighted by atomic mass is 16.4. The van der Waals surface area contributed by atoms with Crippen LogP contribution in [0.3, 0.4) is 0 Å². The molecule has 2 rings (SSSR count). The van der Waals surface area contributed by atoms with Crippen molar-refractivity contribution in [3.05, 3.63) is 23.5 Å². The fraction of sp³-hybridized carbons (Fsp3) is 0.600. The minimum absolute atomic E-state index is 0.321. The van der Waals surface area contributed by atoms with Gasteiger partial charge in [0.15, 0.2) is 0 Å². The van der Waals surface area contributed by atoms with Gasteiger partial charge in [0.1, 0.15) is 5.56 Å². The Bertz CT molecular complexity index is 467. The highest BCUT2D eigenvalue weighted by Gasteiger charge is 2.31. The molecular weight excluding hydrogens is 240 g/mol. The van der Waals surface area contributed by atoms with Crippen molar-refractivity contribution >= 4 is 11.7 Å². The molecule has 1 aliphatic rings. The SMILES string of the molecule is Cc1cc(N(CCC(C)C)C2CC2)c(C(=O)O)cn1. The normalized spacial score (nSPS) is 14.7. The average molecular weight is 262 g/mol. The number of anilines is 1. The summed E-state index contributed by atoms with van der Waals surface area (Å²) in [6.07, 6.45) is 4.89. The Morgan fingerprint density at radius 3 is 2.74 bits per heavy atom. The summed E-state index contributed by atoms with van der Waals surface area (Å²) >= 11 is 0. The van der Waals surface area contributed by atoms with E-state index in [-0.39, 0.29) is 0 Å². The zero-order valence-corrected chi connectivity index (χ0v) is 11.9. The molecule has 0 atom stereocenters. The topological polar surface area (TPSA) is 53.4 Å². The Morgan fingerprint density at radius 1 is 1.53 bits per heavy atom. The summed E-state index contributed by atoms with van der Waals surface area (Å²) in [5.74, 6) is -0.268. The lowest BCUT2D eigenvalue weighted by molar-refractivity contribution is 0.0697. The van der Waals surface area contributed by atoms with E-state index in [4.69, 9.17) is 0 Å². The largest absolute Gasteiger partial charge is 0.478 e. The van der Waals surface area contributed by atoms with E-state index in [9.17, 15) is 9.90 Å². The van der Waals surface area contributed by atoms with Gasteiger partial charge in [0, 0.05) is 24.5 Å². The van der Waals surface area contributed by atoms with E-state index in [1.165, 1.54) is 19.0 Å². The number of rotatable bonds is 6. The van der Waals surface area contributed by atoms with Crippen LogP contribution in [-0.4, -0.2) is 28.6 Å². The van der Waals surface area contributed by atoms with Gasteiger partial charge in [-0.3, -0.25) is 4.98 Å². The minimum atomic E-state index is -0.891. The van der Waals surface area contributed by atoms with Gasteiger partial charge in [-0.2, -0.15) is 0 Å². The van der Waals surface area contributed by atoms with Crippen LogP contribution in [0.1, 0.15) is 49.2 Å². The van der Waals surface area contributed by atoms with E-state index in [1.54, 1.807) is 0 Å². The number of pyridine rings is 1. The molecule has 0 amide bonds. The zero-order valence-electron chi connectivity index (χ0n) is 11.9. The number of hydrogen-bond donors (Lipinski definition) is 1. The van der Waals surface area contributed by atoms with Gasteiger partial charge in [0.05, 0.1) is 5.69 Å². The van der Waals surface area contributed by atoms with Crippen molar-refractivity contribution in [2.24, 2.45) is 5.92 Å².